The summed E-state index contributed by atoms with van der Waals surface area (Å²) in [6.07, 6.45) is 0.874. The molecule has 2 aromatic carbocycles. The van der Waals surface area contributed by atoms with Gasteiger partial charge in [-0.05, 0) is 55.7 Å². The van der Waals surface area contributed by atoms with Crippen LogP contribution in [0, 0.1) is 13.8 Å². The van der Waals surface area contributed by atoms with Crippen molar-refractivity contribution >= 4 is 33.4 Å². The monoisotopic (exact) mass is 418 g/mol. The topological polar surface area (TPSA) is 57.7 Å². The average molecular weight is 419 g/mol. The third-order valence-electron chi connectivity index (χ3n) is 5.11. The second-order valence-electron chi connectivity index (χ2n) is 7.35. The molecule has 1 atom stereocenters. The molecule has 0 aliphatic carbocycles. The fourth-order valence-electron chi connectivity index (χ4n) is 3.27. The molecule has 0 radical (unpaired) electrons. The lowest BCUT2D eigenvalue weighted by Gasteiger charge is -2.24. The molecule has 0 fully saturated rings. The molecule has 5 nitrogen and oxygen atoms in total. The van der Waals surface area contributed by atoms with Crippen LogP contribution >= 0.6 is 11.8 Å². The minimum atomic E-state index is -3.63. The molecule has 28 heavy (non-hydrogen) atoms. The van der Waals surface area contributed by atoms with E-state index < -0.39 is 10.0 Å². The molecule has 7 heteroatoms. The highest BCUT2D eigenvalue weighted by molar-refractivity contribution is 8.00. The van der Waals surface area contributed by atoms with Crippen LogP contribution in [0.3, 0.4) is 0 Å². The molecule has 0 spiro atoms. The largest absolute Gasteiger partial charge is 0.307 e. The highest BCUT2D eigenvalue weighted by Gasteiger charge is 2.28. The molecule has 0 saturated carbocycles. The van der Waals surface area contributed by atoms with Crippen LogP contribution in [0.25, 0.3) is 0 Å². The molecule has 1 aliphatic rings. The van der Waals surface area contributed by atoms with Crippen LogP contribution in [0.15, 0.2) is 46.2 Å². The Balaban J connectivity index is 2.10. The third-order valence-corrected chi connectivity index (χ3v) is 8.29. The van der Waals surface area contributed by atoms with E-state index in [0.29, 0.717) is 22.9 Å². The smallest absolute Gasteiger partial charge is 0.258 e. The van der Waals surface area contributed by atoms with Gasteiger partial charge in [0.25, 0.3) is 5.91 Å². The zero-order valence-electron chi connectivity index (χ0n) is 16.9. The first kappa shape index (κ1) is 20.9. The van der Waals surface area contributed by atoms with Gasteiger partial charge in [-0.2, -0.15) is 0 Å². The number of nitrogens with zero attached hydrogens (tertiary/aromatic N) is 2. The van der Waals surface area contributed by atoms with Crippen LogP contribution < -0.4 is 4.90 Å². The lowest BCUT2D eigenvalue weighted by Crippen LogP contribution is -2.32. The van der Waals surface area contributed by atoms with E-state index in [-0.39, 0.29) is 10.8 Å². The Morgan fingerprint density at radius 3 is 2.54 bits per heavy atom. The number of hydrogen-bond acceptors (Lipinski definition) is 4. The molecule has 0 aromatic heterocycles. The minimum Gasteiger partial charge on any atom is -0.307 e. The minimum absolute atomic E-state index is 0.166. The summed E-state index contributed by atoms with van der Waals surface area (Å²) in [7, 11) is -0.630. The molecule has 150 valence electrons. The Bertz CT molecular complexity index is 1020. The fraction of sp³-hybridized carbons (Fsp3) is 0.381. The van der Waals surface area contributed by atoms with E-state index in [0.717, 1.165) is 22.6 Å². The van der Waals surface area contributed by atoms with E-state index in [4.69, 9.17) is 0 Å². The van der Waals surface area contributed by atoms with Crippen molar-refractivity contribution in [1.29, 1.82) is 0 Å². The van der Waals surface area contributed by atoms with E-state index in [1.54, 1.807) is 29.7 Å². The van der Waals surface area contributed by atoms with Crippen molar-refractivity contribution in [2.45, 2.75) is 42.2 Å². The number of para-hydroxylation sites is 1. The maximum absolute atomic E-state index is 13.4. The predicted octanol–water partition coefficient (Wildman–Crippen LogP) is 4.08. The Hall–Kier alpha value is -1.83. The number of fused-ring (bicyclic) bond motifs is 1. The van der Waals surface area contributed by atoms with Crippen molar-refractivity contribution in [1.82, 2.24) is 4.31 Å². The van der Waals surface area contributed by atoms with Gasteiger partial charge in [-0.15, -0.1) is 11.8 Å². The SMILES string of the molecule is Cc1cc(C(=O)N2CCC(C)Sc3ccccc32)cc(S(=O)(=O)N(C)C)c1C. The number of amides is 1. The number of rotatable bonds is 3. The number of sulfonamides is 1. The molecule has 1 heterocycles. The van der Waals surface area contributed by atoms with Gasteiger partial charge in [0.15, 0.2) is 0 Å². The number of hydrogen-bond donors (Lipinski definition) is 0. The summed E-state index contributed by atoms with van der Waals surface area (Å²) < 4.78 is 26.7. The van der Waals surface area contributed by atoms with Gasteiger partial charge >= 0.3 is 0 Å². The molecule has 2 aromatic rings. The zero-order chi connectivity index (χ0) is 20.6. The van der Waals surface area contributed by atoms with Crippen molar-refractivity contribution in [3.05, 3.63) is 53.1 Å². The summed E-state index contributed by atoms with van der Waals surface area (Å²) >= 11 is 1.77. The molecule has 1 amide bonds. The highest BCUT2D eigenvalue weighted by atomic mass is 32.2. The fourth-order valence-corrected chi connectivity index (χ4v) is 5.60. The van der Waals surface area contributed by atoms with Gasteiger partial charge in [0.05, 0.1) is 10.6 Å². The van der Waals surface area contributed by atoms with Crippen molar-refractivity contribution in [2.24, 2.45) is 0 Å². The summed E-state index contributed by atoms with van der Waals surface area (Å²) in [5, 5.41) is 0.406. The molecular formula is C21H26N2O3S2. The number of carbonyl (C=O) groups excluding carboxylic acids is 1. The molecule has 1 aliphatic heterocycles. The molecule has 3 rings (SSSR count). The van der Waals surface area contributed by atoms with E-state index in [1.165, 1.54) is 24.5 Å². The first-order chi connectivity index (χ1) is 13.1. The van der Waals surface area contributed by atoms with E-state index in [1.807, 2.05) is 31.2 Å². The normalized spacial score (nSPS) is 17.4. The number of thioether (sulfide) groups is 1. The average Bonchev–Trinajstić information content (AvgIpc) is 2.81. The Labute approximate surface area is 171 Å². The van der Waals surface area contributed by atoms with Gasteiger partial charge in [0.1, 0.15) is 0 Å². The van der Waals surface area contributed by atoms with Crippen LogP contribution in [-0.2, 0) is 10.0 Å². The predicted molar refractivity (Wildman–Crippen MR) is 115 cm³/mol. The summed E-state index contributed by atoms with van der Waals surface area (Å²) in [5.41, 5.74) is 2.75. The Morgan fingerprint density at radius 2 is 1.86 bits per heavy atom. The maximum Gasteiger partial charge on any atom is 0.258 e. The van der Waals surface area contributed by atoms with Crippen molar-refractivity contribution in [3.63, 3.8) is 0 Å². The highest BCUT2D eigenvalue weighted by Crippen LogP contribution is 2.38. The van der Waals surface area contributed by atoms with Crippen LogP contribution in [-0.4, -0.2) is 44.5 Å². The second-order valence-corrected chi connectivity index (χ2v) is 10.9. The third kappa shape index (κ3) is 3.83. The quantitative estimate of drug-likeness (QED) is 0.753. The molecule has 0 N–H and O–H groups in total. The van der Waals surface area contributed by atoms with E-state index >= 15 is 0 Å². The number of anilines is 1. The molecule has 0 bridgehead atoms. The van der Waals surface area contributed by atoms with Gasteiger partial charge in [-0.1, -0.05) is 19.1 Å². The van der Waals surface area contributed by atoms with Gasteiger partial charge < -0.3 is 4.90 Å². The lowest BCUT2D eigenvalue weighted by molar-refractivity contribution is 0.0986. The van der Waals surface area contributed by atoms with E-state index in [9.17, 15) is 13.2 Å². The Morgan fingerprint density at radius 1 is 1.18 bits per heavy atom. The number of carbonyl (C=O) groups is 1. The lowest BCUT2D eigenvalue weighted by atomic mass is 10.0. The zero-order valence-corrected chi connectivity index (χ0v) is 18.5. The van der Waals surface area contributed by atoms with Crippen LogP contribution in [0.2, 0.25) is 0 Å². The first-order valence-corrected chi connectivity index (χ1v) is 11.6. The summed E-state index contributed by atoms with van der Waals surface area (Å²) in [5.74, 6) is -0.166. The molecule has 0 saturated heterocycles. The molecule has 1 unspecified atom stereocenters. The van der Waals surface area contributed by atoms with Crippen molar-refractivity contribution < 1.29 is 13.2 Å². The standard InChI is InChI=1S/C21H26N2O3S2/c1-14-12-17(13-20(16(14)3)28(25,26)22(4)5)21(24)23-11-10-15(2)27-19-9-7-6-8-18(19)23/h6-9,12-13,15H,10-11H2,1-5H3. The summed E-state index contributed by atoms with van der Waals surface area (Å²) in [6.45, 7) is 6.38. The van der Waals surface area contributed by atoms with Gasteiger partial charge in [0, 0.05) is 36.3 Å². The van der Waals surface area contributed by atoms with Crippen LogP contribution in [0.1, 0.15) is 34.8 Å². The van der Waals surface area contributed by atoms with Crippen molar-refractivity contribution in [2.75, 3.05) is 25.5 Å². The Kier molecular flexibility index (Phi) is 5.89. The van der Waals surface area contributed by atoms with Crippen molar-refractivity contribution in [3.8, 4) is 0 Å². The van der Waals surface area contributed by atoms with Crippen LogP contribution in [0.5, 0.6) is 0 Å². The van der Waals surface area contributed by atoms with Crippen LogP contribution in [0.4, 0.5) is 5.69 Å². The van der Waals surface area contributed by atoms with Gasteiger partial charge in [0.2, 0.25) is 10.0 Å². The summed E-state index contributed by atoms with van der Waals surface area (Å²) in [6, 6.07) is 11.2. The van der Waals surface area contributed by atoms with Gasteiger partial charge in [-0.25, -0.2) is 12.7 Å². The summed E-state index contributed by atoms with van der Waals surface area (Å²) in [4.78, 5) is 16.5. The van der Waals surface area contributed by atoms with E-state index in [2.05, 4.69) is 6.92 Å². The first-order valence-electron chi connectivity index (χ1n) is 9.24. The number of aryl methyl sites for hydroxylation is 1. The maximum atomic E-state index is 13.4. The molecular weight excluding hydrogens is 392 g/mol. The second kappa shape index (κ2) is 7.89. The van der Waals surface area contributed by atoms with Gasteiger partial charge in [-0.3, -0.25) is 4.79 Å². The number of benzene rings is 2.